The Morgan fingerprint density at radius 2 is 1.57 bits per heavy atom. The average molecular weight is 457 g/mol. The Morgan fingerprint density at radius 1 is 0.886 bits per heavy atom. The largest absolute Gasteiger partial charge is 0.368 e. The molecule has 3 aliphatic rings. The van der Waals surface area contributed by atoms with E-state index in [0.717, 1.165) is 36.0 Å². The number of nitrogens with zero attached hydrogens (tertiary/aromatic N) is 3. The molecule has 5 heteroatoms. The first kappa shape index (κ1) is 20.3. The molecule has 35 heavy (non-hydrogen) atoms. The lowest BCUT2D eigenvalue weighted by Crippen LogP contribution is -2.47. The average Bonchev–Trinajstić information content (AvgIpc) is 3.31. The molecule has 2 aliphatic carbocycles. The second kappa shape index (κ2) is 6.94. The van der Waals surface area contributed by atoms with Crippen molar-refractivity contribution in [3.63, 3.8) is 0 Å². The summed E-state index contributed by atoms with van der Waals surface area (Å²) < 4.78 is 0. The van der Waals surface area contributed by atoms with E-state index in [1.54, 1.807) is 5.06 Å². The maximum absolute atomic E-state index is 7.40. The van der Waals surface area contributed by atoms with Gasteiger partial charge in [-0.05, 0) is 70.0 Å². The van der Waals surface area contributed by atoms with E-state index in [9.17, 15) is 0 Å². The van der Waals surface area contributed by atoms with Crippen molar-refractivity contribution in [2.75, 3.05) is 7.05 Å². The smallest absolute Gasteiger partial charge is 0.221 e. The highest BCUT2D eigenvalue weighted by molar-refractivity contribution is 5.90. The molecular formula is C30H24N4O. The maximum Gasteiger partial charge on any atom is 0.221 e. The van der Waals surface area contributed by atoms with Crippen LogP contribution in [0.5, 0.6) is 0 Å². The lowest BCUT2D eigenvalue weighted by molar-refractivity contribution is -0.222. The standard InChI is InChI=1S/C30H24N4O/c1-32-25-11-5-8-20(14-25)21-12-13-22-16-29(30(26(22)15-21)33-28(31)34(2)35-30)17-23-9-3-6-19-7-4-10-24(18-29)27(19)23/h3-15H,16-18H2,2H3,(H2,31,33). The molecule has 0 fully saturated rings. The summed E-state index contributed by atoms with van der Waals surface area (Å²) in [5, 5.41) is 4.27. The maximum atomic E-state index is 7.40. The molecule has 170 valence electrons. The number of rotatable bonds is 1. The van der Waals surface area contributed by atoms with Crippen LogP contribution in [0.15, 0.2) is 83.9 Å². The van der Waals surface area contributed by atoms with E-state index in [1.165, 1.54) is 27.5 Å². The lowest BCUT2D eigenvalue weighted by atomic mass is 9.65. The highest BCUT2D eigenvalue weighted by Crippen LogP contribution is 2.61. The third kappa shape index (κ3) is 2.69. The Hall–Kier alpha value is -4.14. The number of nitrogens with two attached hydrogens (primary N) is 1. The number of fused-ring (bicyclic) bond motifs is 3. The minimum Gasteiger partial charge on any atom is -0.368 e. The fraction of sp³-hybridized carbons (Fsp3) is 0.200. The van der Waals surface area contributed by atoms with Gasteiger partial charge in [0.15, 0.2) is 5.69 Å². The second-order valence-electron chi connectivity index (χ2n) is 9.98. The quantitative estimate of drug-likeness (QED) is 0.372. The summed E-state index contributed by atoms with van der Waals surface area (Å²) in [6.07, 6.45) is 2.59. The number of aliphatic imine (C=N–C) groups is 1. The Kier molecular flexibility index (Phi) is 4.02. The summed E-state index contributed by atoms with van der Waals surface area (Å²) in [5.41, 5.74) is 12.9. The van der Waals surface area contributed by atoms with Crippen LogP contribution in [0.2, 0.25) is 0 Å². The monoisotopic (exact) mass is 456 g/mol. The third-order valence-electron chi connectivity index (χ3n) is 8.03. The molecule has 0 bridgehead atoms. The number of hydrogen-bond donors (Lipinski definition) is 1. The lowest BCUT2D eigenvalue weighted by Gasteiger charge is -2.44. The van der Waals surface area contributed by atoms with Gasteiger partial charge in [0.1, 0.15) is 0 Å². The number of guanidine groups is 1. The highest BCUT2D eigenvalue weighted by atomic mass is 16.7. The SMILES string of the molecule is [C-]#[N+]c1cccc(-c2ccc3c(c2)C2(N=C(N)N(C)O2)C2(C3)Cc3cccc4cccc(c34)C2)c1. The van der Waals surface area contributed by atoms with Gasteiger partial charge in [-0.2, -0.15) is 0 Å². The zero-order chi connectivity index (χ0) is 23.8. The van der Waals surface area contributed by atoms with E-state index >= 15 is 0 Å². The van der Waals surface area contributed by atoms with Crippen molar-refractivity contribution in [3.8, 4) is 11.1 Å². The summed E-state index contributed by atoms with van der Waals surface area (Å²) in [7, 11) is 1.83. The van der Waals surface area contributed by atoms with Crippen molar-refractivity contribution in [3.05, 3.63) is 113 Å². The molecule has 0 saturated carbocycles. The van der Waals surface area contributed by atoms with Crippen molar-refractivity contribution in [1.82, 2.24) is 5.06 Å². The third-order valence-corrected chi connectivity index (χ3v) is 8.03. The Bertz CT molecular complexity index is 1570. The van der Waals surface area contributed by atoms with Crippen LogP contribution >= 0.6 is 0 Å². The Balaban J connectivity index is 1.43. The first-order chi connectivity index (χ1) is 17.0. The van der Waals surface area contributed by atoms with Crippen LogP contribution in [0, 0.1) is 12.0 Å². The van der Waals surface area contributed by atoms with E-state index < -0.39 is 5.72 Å². The van der Waals surface area contributed by atoms with Gasteiger partial charge in [-0.15, -0.1) is 0 Å². The van der Waals surface area contributed by atoms with Crippen LogP contribution < -0.4 is 5.73 Å². The summed E-state index contributed by atoms with van der Waals surface area (Å²) in [4.78, 5) is 15.3. The molecule has 1 aliphatic heterocycles. The molecule has 1 atom stereocenters. The van der Waals surface area contributed by atoms with Gasteiger partial charge in [-0.1, -0.05) is 66.7 Å². The fourth-order valence-electron chi connectivity index (χ4n) is 6.53. The molecule has 2 spiro atoms. The molecule has 1 unspecified atom stereocenters. The topological polar surface area (TPSA) is 55.2 Å². The normalized spacial score (nSPS) is 21.4. The van der Waals surface area contributed by atoms with E-state index in [4.69, 9.17) is 22.1 Å². The molecule has 4 aromatic rings. The summed E-state index contributed by atoms with van der Waals surface area (Å²) in [6, 6.07) is 27.5. The zero-order valence-electron chi connectivity index (χ0n) is 19.5. The summed E-state index contributed by atoms with van der Waals surface area (Å²) in [5.74, 6) is 0.398. The van der Waals surface area contributed by atoms with Gasteiger partial charge in [0, 0.05) is 18.0 Å². The zero-order valence-corrected chi connectivity index (χ0v) is 19.5. The van der Waals surface area contributed by atoms with Gasteiger partial charge < -0.3 is 5.73 Å². The Labute approximate surface area is 204 Å². The van der Waals surface area contributed by atoms with Crippen LogP contribution in [0.25, 0.3) is 26.7 Å². The number of benzene rings is 4. The van der Waals surface area contributed by atoms with Gasteiger partial charge in [0.2, 0.25) is 11.7 Å². The molecule has 0 aromatic heterocycles. The van der Waals surface area contributed by atoms with Crippen LogP contribution in [0.4, 0.5) is 5.69 Å². The van der Waals surface area contributed by atoms with Crippen LogP contribution in [-0.2, 0) is 29.8 Å². The van der Waals surface area contributed by atoms with E-state index in [0.29, 0.717) is 11.6 Å². The van der Waals surface area contributed by atoms with E-state index in [-0.39, 0.29) is 5.41 Å². The van der Waals surface area contributed by atoms with Gasteiger partial charge in [0.25, 0.3) is 0 Å². The molecule has 0 radical (unpaired) electrons. The highest BCUT2D eigenvalue weighted by Gasteiger charge is 2.63. The van der Waals surface area contributed by atoms with Crippen LogP contribution in [-0.4, -0.2) is 18.1 Å². The summed E-state index contributed by atoms with van der Waals surface area (Å²) >= 11 is 0. The van der Waals surface area contributed by atoms with Crippen molar-refractivity contribution < 1.29 is 4.84 Å². The first-order valence-corrected chi connectivity index (χ1v) is 11.9. The molecule has 4 aromatic carbocycles. The minimum atomic E-state index is -0.899. The molecule has 0 saturated heterocycles. The minimum absolute atomic E-state index is 0.287. The predicted octanol–water partition coefficient (Wildman–Crippen LogP) is 5.74. The Morgan fingerprint density at radius 3 is 2.26 bits per heavy atom. The van der Waals surface area contributed by atoms with Crippen molar-refractivity contribution in [2.45, 2.75) is 25.0 Å². The summed E-state index contributed by atoms with van der Waals surface area (Å²) in [6.45, 7) is 7.40. The molecular weight excluding hydrogens is 432 g/mol. The molecule has 0 amide bonds. The van der Waals surface area contributed by atoms with Crippen molar-refractivity contribution in [1.29, 1.82) is 0 Å². The fourth-order valence-corrected chi connectivity index (χ4v) is 6.53. The van der Waals surface area contributed by atoms with Gasteiger partial charge in [-0.25, -0.2) is 19.7 Å². The first-order valence-electron chi connectivity index (χ1n) is 11.9. The molecule has 2 N–H and O–H groups in total. The number of hydrogen-bond acceptors (Lipinski definition) is 4. The second-order valence-corrected chi connectivity index (χ2v) is 9.98. The van der Waals surface area contributed by atoms with Crippen LogP contribution in [0.1, 0.15) is 22.3 Å². The van der Waals surface area contributed by atoms with Gasteiger partial charge in [0.05, 0.1) is 6.57 Å². The molecule has 7 rings (SSSR count). The van der Waals surface area contributed by atoms with Crippen molar-refractivity contribution >= 4 is 22.4 Å². The van der Waals surface area contributed by atoms with E-state index in [1.807, 2.05) is 31.3 Å². The van der Waals surface area contributed by atoms with Gasteiger partial charge >= 0.3 is 0 Å². The molecule has 1 heterocycles. The predicted molar refractivity (Wildman–Crippen MR) is 138 cm³/mol. The van der Waals surface area contributed by atoms with Crippen LogP contribution in [0.3, 0.4) is 0 Å². The number of hydroxylamine groups is 2. The van der Waals surface area contributed by atoms with Crippen molar-refractivity contribution in [2.24, 2.45) is 16.1 Å². The van der Waals surface area contributed by atoms with Gasteiger partial charge in [-0.3, -0.25) is 0 Å². The molecule has 5 nitrogen and oxygen atoms in total. The van der Waals surface area contributed by atoms with E-state index in [2.05, 4.69) is 59.4 Å².